The third kappa shape index (κ3) is 3.62. The Balaban J connectivity index is 1.51. The molecule has 0 fully saturated rings. The van der Waals surface area contributed by atoms with Crippen molar-refractivity contribution in [2.24, 2.45) is 0 Å². The van der Waals surface area contributed by atoms with Crippen LogP contribution in [0.5, 0.6) is 0 Å². The molecule has 1 aliphatic heterocycles. The largest absolute Gasteiger partial charge is 0.310 e. The maximum atomic E-state index is 2.41. The topological polar surface area (TPSA) is 3.24 Å². The van der Waals surface area contributed by atoms with Gasteiger partial charge in [-0.3, -0.25) is 0 Å². The van der Waals surface area contributed by atoms with E-state index in [1.165, 1.54) is 56.0 Å². The molecular weight excluding hydrogens is 398 g/mol. The van der Waals surface area contributed by atoms with Crippen LogP contribution >= 0.6 is 0 Å². The fourth-order valence-electron chi connectivity index (χ4n) is 4.82. The van der Waals surface area contributed by atoms with E-state index in [0.717, 1.165) is 6.42 Å². The minimum Gasteiger partial charge on any atom is -0.310 e. The minimum absolute atomic E-state index is 0.925. The van der Waals surface area contributed by atoms with Crippen LogP contribution in [-0.2, 0) is 6.42 Å². The van der Waals surface area contributed by atoms with Gasteiger partial charge in [0.2, 0.25) is 0 Å². The van der Waals surface area contributed by atoms with Gasteiger partial charge in [0.15, 0.2) is 0 Å². The summed E-state index contributed by atoms with van der Waals surface area (Å²) >= 11 is 0. The van der Waals surface area contributed by atoms with Crippen LogP contribution in [0.2, 0.25) is 0 Å². The van der Waals surface area contributed by atoms with E-state index in [2.05, 4.69) is 133 Å². The molecule has 0 saturated heterocycles. The fraction of sp³-hybridized carbons (Fsp3) is 0.0625. The van der Waals surface area contributed by atoms with Gasteiger partial charge in [0, 0.05) is 23.5 Å². The Labute approximate surface area is 195 Å². The zero-order valence-corrected chi connectivity index (χ0v) is 18.7. The number of hydrogen-bond donors (Lipinski definition) is 0. The molecule has 158 valence electrons. The number of benzene rings is 5. The lowest BCUT2D eigenvalue weighted by Crippen LogP contribution is -2.18. The number of nitrogens with zero attached hydrogens (tertiary/aromatic N) is 1. The van der Waals surface area contributed by atoms with Crippen LogP contribution in [0, 0.1) is 6.92 Å². The Morgan fingerprint density at radius 1 is 0.485 bits per heavy atom. The molecule has 0 spiro atoms. The average molecular weight is 424 g/mol. The predicted molar refractivity (Wildman–Crippen MR) is 140 cm³/mol. The van der Waals surface area contributed by atoms with Crippen LogP contribution in [0.3, 0.4) is 0 Å². The summed E-state index contributed by atoms with van der Waals surface area (Å²) in [4.78, 5) is 2.41. The van der Waals surface area contributed by atoms with Gasteiger partial charge in [-0.05, 0) is 76.7 Å². The van der Waals surface area contributed by atoms with Crippen molar-refractivity contribution >= 4 is 17.1 Å². The molecule has 1 nitrogen and oxygen atoms in total. The zero-order chi connectivity index (χ0) is 22.2. The van der Waals surface area contributed by atoms with E-state index in [0.29, 0.717) is 0 Å². The molecule has 5 aromatic rings. The maximum Gasteiger partial charge on any atom is 0.0497 e. The van der Waals surface area contributed by atoms with Crippen LogP contribution in [0.1, 0.15) is 16.7 Å². The summed E-state index contributed by atoms with van der Waals surface area (Å²) in [6.07, 6.45) is 0.925. The molecule has 0 N–H and O–H groups in total. The first-order valence-electron chi connectivity index (χ1n) is 11.5. The van der Waals surface area contributed by atoms with Gasteiger partial charge in [-0.25, -0.2) is 0 Å². The predicted octanol–water partition coefficient (Wildman–Crippen LogP) is 8.70. The van der Waals surface area contributed by atoms with Gasteiger partial charge in [0.1, 0.15) is 0 Å². The molecule has 0 radical (unpaired) electrons. The molecule has 1 heteroatoms. The number of rotatable bonds is 3. The maximum absolute atomic E-state index is 2.41. The summed E-state index contributed by atoms with van der Waals surface area (Å²) in [6, 6.07) is 43.9. The second-order valence-electron chi connectivity index (χ2n) is 8.77. The summed E-state index contributed by atoms with van der Waals surface area (Å²) in [5.74, 6) is 0. The number of fused-ring (bicyclic) bond motifs is 2. The van der Waals surface area contributed by atoms with E-state index in [1.54, 1.807) is 0 Å². The molecule has 0 unspecified atom stereocenters. The highest BCUT2D eigenvalue weighted by molar-refractivity contribution is 5.86. The highest BCUT2D eigenvalue weighted by atomic mass is 15.2. The molecule has 0 aliphatic carbocycles. The van der Waals surface area contributed by atoms with Crippen LogP contribution < -0.4 is 4.90 Å². The van der Waals surface area contributed by atoms with Crippen molar-refractivity contribution in [3.63, 3.8) is 0 Å². The molecule has 0 amide bonds. The number of hydrogen-bond acceptors (Lipinski definition) is 1. The summed E-state index contributed by atoms with van der Waals surface area (Å²) in [7, 11) is 0. The van der Waals surface area contributed by atoms with E-state index >= 15 is 0 Å². The first kappa shape index (κ1) is 19.6. The second kappa shape index (κ2) is 8.11. The molecular formula is C32H25N. The van der Waals surface area contributed by atoms with E-state index < -0.39 is 0 Å². The Morgan fingerprint density at radius 2 is 0.970 bits per heavy atom. The van der Waals surface area contributed by atoms with Gasteiger partial charge >= 0.3 is 0 Å². The van der Waals surface area contributed by atoms with E-state index in [1.807, 2.05) is 0 Å². The summed E-state index contributed by atoms with van der Waals surface area (Å²) in [5, 5.41) is 0. The Kier molecular flexibility index (Phi) is 4.81. The quantitative estimate of drug-likeness (QED) is 0.275. The van der Waals surface area contributed by atoms with E-state index in [4.69, 9.17) is 0 Å². The zero-order valence-electron chi connectivity index (χ0n) is 18.7. The third-order valence-electron chi connectivity index (χ3n) is 6.53. The van der Waals surface area contributed by atoms with Gasteiger partial charge in [0.25, 0.3) is 0 Å². The van der Waals surface area contributed by atoms with E-state index in [-0.39, 0.29) is 0 Å². The monoisotopic (exact) mass is 423 g/mol. The summed E-state index contributed by atoms with van der Waals surface area (Å²) in [5.41, 5.74) is 12.7. The molecule has 1 heterocycles. The lowest BCUT2D eigenvalue weighted by molar-refractivity contribution is 1.09. The van der Waals surface area contributed by atoms with Crippen molar-refractivity contribution in [1.82, 2.24) is 0 Å². The lowest BCUT2D eigenvalue weighted by atomic mass is 9.90. The molecule has 5 aromatic carbocycles. The van der Waals surface area contributed by atoms with Gasteiger partial charge in [-0.1, -0.05) is 90.5 Å². The fourth-order valence-corrected chi connectivity index (χ4v) is 4.82. The smallest absolute Gasteiger partial charge is 0.0497 e. The number of anilines is 3. The van der Waals surface area contributed by atoms with Crippen LogP contribution in [-0.4, -0.2) is 0 Å². The Morgan fingerprint density at radius 3 is 1.45 bits per heavy atom. The molecule has 0 atom stereocenters. The minimum atomic E-state index is 0.925. The Hall–Kier alpha value is -4.10. The normalized spacial score (nSPS) is 12.2. The van der Waals surface area contributed by atoms with Crippen molar-refractivity contribution in [2.75, 3.05) is 4.90 Å². The molecule has 0 aromatic heterocycles. The Bertz CT molecular complexity index is 1330. The van der Waals surface area contributed by atoms with Crippen LogP contribution in [0.25, 0.3) is 22.3 Å². The summed E-state index contributed by atoms with van der Waals surface area (Å²) in [6.45, 7) is 2.14. The van der Waals surface area contributed by atoms with Crippen LogP contribution in [0.15, 0.2) is 121 Å². The molecule has 1 aliphatic rings. The summed E-state index contributed by atoms with van der Waals surface area (Å²) < 4.78 is 0. The first-order valence-corrected chi connectivity index (χ1v) is 11.5. The van der Waals surface area contributed by atoms with E-state index in [9.17, 15) is 0 Å². The first-order chi connectivity index (χ1) is 16.3. The van der Waals surface area contributed by atoms with Gasteiger partial charge < -0.3 is 4.90 Å². The van der Waals surface area contributed by atoms with Gasteiger partial charge in [-0.2, -0.15) is 0 Å². The second-order valence-corrected chi connectivity index (χ2v) is 8.77. The van der Waals surface area contributed by atoms with Crippen molar-refractivity contribution in [1.29, 1.82) is 0 Å². The highest BCUT2D eigenvalue weighted by Gasteiger charge is 2.25. The van der Waals surface area contributed by atoms with Gasteiger partial charge in [-0.15, -0.1) is 0 Å². The van der Waals surface area contributed by atoms with Gasteiger partial charge in [0.05, 0.1) is 0 Å². The van der Waals surface area contributed by atoms with Crippen molar-refractivity contribution in [3.8, 4) is 22.3 Å². The molecule has 6 rings (SSSR count). The van der Waals surface area contributed by atoms with Crippen molar-refractivity contribution in [3.05, 3.63) is 138 Å². The average Bonchev–Trinajstić information content (AvgIpc) is 2.88. The standard InChI is InChI=1S/C32H25N/c1-23-12-16-30(17-13-23)33-31-18-14-26(24-8-4-2-5-9-24)20-28(31)22-29-21-27(15-19-32(29)33)25-10-6-3-7-11-25/h2-21H,22H2,1H3. The number of aryl methyl sites for hydroxylation is 1. The SMILES string of the molecule is Cc1ccc(N2c3ccc(-c4ccccc4)cc3Cc3cc(-c4ccccc4)ccc32)cc1. The molecule has 0 saturated carbocycles. The lowest BCUT2D eigenvalue weighted by Gasteiger charge is -2.34. The van der Waals surface area contributed by atoms with Crippen molar-refractivity contribution in [2.45, 2.75) is 13.3 Å². The highest BCUT2D eigenvalue weighted by Crippen LogP contribution is 2.45. The third-order valence-corrected chi connectivity index (χ3v) is 6.53. The molecule has 0 bridgehead atoms. The van der Waals surface area contributed by atoms with Crippen LogP contribution in [0.4, 0.5) is 17.1 Å². The molecule has 33 heavy (non-hydrogen) atoms. The van der Waals surface area contributed by atoms with Crippen molar-refractivity contribution < 1.29 is 0 Å².